The van der Waals surface area contributed by atoms with E-state index in [4.69, 9.17) is 27.9 Å². The number of aromatic nitrogens is 2. The summed E-state index contributed by atoms with van der Waals surface area (Å²) in [5.74, 6) is 0.620. The molecule has 0 atom stereocenters. The van der Waals surface area contributed by atoms with Crippen molar-refractivity contribution in [1.82, 2.24) is 10.2 Å². The Bertz CT molecular complexity index is 1160. The normalized spacial score (nSPS) is 10.9. The molecular weight excluding hydrogens is 475 g/mol. The fourth-order valence-corrected chi connectivity index (χ4v) is 3.68. The Balaban J connectivity index is 1.57. The molecule has 0 aliphatic heterocycles. The van der Waals surface area contributed by atoms with Crippen LogP contribution in [-0.4, -0.2) is 15.3 Å². The molecule has 0 saturated heterocycles. The Hall–Kier alpha value is -2.47. The van der Waals surface area contributed by atoms with Crippen molar-refractivity contribution in [2.24, 2.45) is 0 Å². The van der Waals surface area contributed by atoms with Crippen LogP contribution in [-0.2, 0) is 6.61 Å². The molecule has 4 nitrogen and oxygen atoms in total. The molecule has 0 fully saturated rings. The predicted molar refractivity (Wildman–Crippen MR) is 120 cm³/mol. The molecule has 0 saturated carbocycles. The molecule has 0 aliphatic rings. The van der Waals surface area contributed by atoms with Crippen molar-refractivity contribution in [1.29, 1.82) is 0 Å². The number of ether oxygens (including phenoxy) is 1. The molecule has 1 heterocycles. The summed E-state index contributed by atoms with van der Waals surface area (Å²) in [6, 6.07) is 18.3. The Morgan fingerprint density at radius 3 is 2.48 bits per heavy atom. The summed E-state index contributed by atoms with van der Waals surface area (Å²) in [6.07, 6.45) is 1.74. The van der Waals surface area contributed by atoms with Crippen LogP contribution in [0.4, 0.5) is 0 Å². The van der Waals surface area contributed by atoms with Crippen LogP contribution in [0.5, 0.6) is 11.5 Å². The lowest BCUT2D eigenvalue weighted by molar-refractivity contribution is 0.304. The van der Waals surface area contributed by atoms with Gasteiger partial charge in [0.15, 0.2) is 0 Å². The first-order valence-corrected chi connectivity index (χ1v) is 10.3. The van der Waals surface area contributed by atoms with E-state index in [1.807, 2.05) is 30.3 Å². The molecule has 0 bridgehead atoms. The summed E-state index contributed by atoms with van der Waals surface area (Å²) in [7, 11) is 0. The second-order valence-electron chi connectivity index (χ2n) is 6.37. The third-order valence-corrected chi connectivity index (χ3v) is 5.56. The quantitative estimate of drug-likeness (QED) is 0.314. The lowest BCUT2D eigenvalue weighted by Crippen LogP contribution is -1.96. The summed E-state index contributed by atoms with van der Waals surface area (Å²) in [6.45, 7) is 0.267. The largest absolute Gasteiger partial charge is 0.507 e. The highest BCUT2D eigenvalue weighted by molar-refractivity contribution is 9.10. The average Bonchev–Trinajstić information content (AvgIpc) is 3.17. The van der Waals surface area contributed by atoms with Crippen LogP contribution >= 0.6 is 39.1 Å². The zero-order valence-electron chi connectivity index (χ0n) is 15.0. The molecule has 146 valence electrons. The summed E-state index contributed by atoms with van der Waals surface area (Å²) < 4.78 is 6.77. The van der Waals surface area contributed by atoms with Crippen LogP contribution in [0.3, 0.4) is 0 Å². The van der Waals surface area contributed by atoms with E-state index >= 15 is 0 Å². The number of aromatic amines is 1. The highest BCUT2D eigenvalue weighted by Gasteiger charge is 2.14. The van der Waals surface area contributed by atoms with Crippen molar-refractivity contribution in [3.63, 3.8) is 0 Å². The molecule has 1 aromatic heterocycles. The van der Waals surface area contributed by atoms with Gasteiger partial charge in [-0.2, -0.15) is 5.10 Å². The second-order valence-corrected chi connectivity index (χ2v) is 8.13. The number of phenolic OH excluding ortho intramolecular Hbond substituents is 1. The second kappa shape index (κ2) is 8.49. The summed E-state index contributed by atoms with van der Waals surface area (Å²) in [4.78, 5) is 0. The lowest BCUT2D eigenvalue weighted by atomic mass is 10.0. The molecule has 7 heteroatoms. The zero-order valence-corrected chi connectivity index (χ0v) is 18.1. The van der Waals surface area contributed by atoms with Gasteiger partial charge in [0.05, 0.1) is 11.9 Å². The van der Waals surface area contributed by atoms with E-state index in [2.05, 4.69) is 26.1 Å². The Kier molecular flexibility index (Phi) is 5.81. The number of rotatable bonds is 5. The maximum atomic E-state index is 10.6. The van der Waals surface area contributed by atoms with Crippen molar-refractivity contribution >= 4 is 39.1 Å². The van der Waals surface area contributed by atoms with Gasteiger partial charge in [0.25, 0.3) is 0 Å². The van der Waals surface area contributed by atoms with Gasteiger partial charge in [-0.05, 0) is 42.0 Å². The van der Waals surface area contributed by atoms with Crippen LogP contribution in [0.25, 0.3) is 22.4 Å². The third-order valence-electron chi connectivity index (χ3n) is 4.44. The first-order chi connectivity index (χ1) is 14.0. The number of aromatic hydroxyl groups is 1. The van der Waals surface area contributed by atoms with Crippen molar-refractivity contribution in [3.05, 3.63) is 86.9 Å². The standard InChI is InChI=1S/C22H15BrCl2N2O2/c23-15-4-1-13(2-5-15)19-11-26-27-22(19)18-8-7-17(10-21(18)28)29-12-14-3-6-16(24)9-20(14)25/h1-11,28H,12H2,(H,26,27). The molecule has 0 radical (unpaired) electrons. The minimum atomic E-state index is 0.0901. The predicted octanol–water partition coefficient (Wildman–Crippen LogP) is 7.10. The minimum Gasteiger partial charge on any atom is -0.507 e. The van der Waals surface area contributed by atoms with Crippen molar-refractivity contribution in [2.45, 2.75) is 6.61 Å². The van der Waals surface area contributed by atoms with Gasteiger partial charge < -0.3 is 9.84 Å². The number of nitrogens with one attached hydrogen (secondary N) is 1. The molecule has 29 heavy (non-hydrogen) atoms. The summed E-state index contributed by atoms with van der Waals surface area (Å²) in [5, 5.41) is 18.8. The van der Waals surface area contributed by atoms with E-state index in [-0.39, 0.29) is 12.4 Å². The molecule has 4 rings (SSSR count). The van der Waals surface area contributed by atoms with Gasteiger partial charge >= 0.3 is 0 Å². The number of phenols is 1. The Morgan fingerprint density at radius 1 is 0.966 bits per heavy atom. The van der Waals surface area contributed by atoms with E-state index in [1.54, 1.807) is 36.5 Å². The van der Waals surface area contributed by atoms with Crippen molar-refractivity contribution in [2.75, 3.05) is 0 Å². The minimum absolute atomic E-state index is 0.0901. The molecule has 4 aromatic rings. The SMILES string of the molecule is Oc1cc(OCc2ccc(Cl)cc2Cl)ccc1-c1[nH]ncc1-c1ccc(Br)cc1. The summed E-state index contributed by atoms with van der Waals surface area (Å²) in [5.41, 5.74) is 4.07. The summed E-state index contributed by atoms with van der Waals surface area (Å²) >= 11 is 15.5. The Labute approximate surface area is 186 Å². The molecule has 3 aromatic carbocycles. The van der Waals surface area contributed by atoms with Crippen LogP contribution < -0.4 is 4.74 Å². The lowest BCUT2D eigenvalue weighted by Gasteiger charge is -2.11. The highest BCUT2D eigenvalue weighted by atomic mass is 79.9. The third kappa shape index (κ3) is 4.42. The van der Waals surface area contributed by atoms with Crippen molar-refractivity contribution < 1.29 is 9.84 Å². The number of benzene rings is 3. The van der Waals surface area contributed by atoms with Gasteiger partial charge in [-0.3, -0.25) is 5.10 Å². The maximum Gasteiger partial charge on any atom is 0.128 e. The molecular formula is C22H15BrCl2N2O2. The average molecular weight is 490 g/mol. The van der Waals surface area contributed by atoms with E-state index in [0.29, 0.717) is 21.4 Å². The first-order valence-electron chi connectivity index (χ1n) is 8.70. The van der Waals surface area contributed by atoms with E-state index in [1.165, 1.54) is 0 Å². The monoisotopic (exact) mass is 488 g/mol. The van der Waals surface area contributed by atoms with Gasteiger partial charge in [0.2, 0.25) is 0 Å². The van der Waals surface area contributed by atoms with E-state index in [0.717, 1.165) is 26.9 Å². The smallest absolute Gasteiger partial charge is 0.128 e. The fourth-order valence-electron chi connectivity index (χ4n) is 2.95. The fraction of sp³-hybridized carbons (Fsp3) is 0.0455. The van der Waals surface area contributed by atoms with Crippen LogP contribution in [0.2, 0.25) is 10.0 Å². The van der Waals surface area contributed by atoms with Crippen LogP contribution in [0.15, 0.2) is 71.3 Å². The number of halogens is 3. The van der Waals surface area contributed by atoms with Gasteiger partial charge in [-0.1, -0.05) is 57.3 Å². The van der Waals surface area contributed by atoms with E-state index in [9.17, 15) is 5.11 Å². The molecule has 0 unspecified atom stereocenters. The van der Waals surface area contributed by atoms with Crippen LogP contribution in [0, 0.1) is 0 Å². The van der Waals surface area contributed by atoms with Gasteiger partial charge in [0.1, 0.15) is 18.1 Å². The Morgan fingerprint density at radius 2 is 1.76 bits per heavy atom. The van der Waals surface area contributed by atoms with E-state index < -0.39 is 0 Å². The zero-order chi connectivity index (χ0) is 20.4. The number of hydrogen-bond donors (Lipinski definition) is 2. The number of H-pyrrole nitrogens is 1. The topological polar surface area (TPSA) is 58.1 Å². The van der Waals surface area contributed by atoms with Crippen molar-refractivity contribution in [3.8, 4) is 33.9 Å². The molecule has 0 amide bonds. The van der Waals surface area contributed by atoms with Gasteiger partial charge in [-0.15, -0.1) is 0 Å². The molecule has 0 spiro atoms. The van der Waals surface area contributed by atoms with Gasteiger partial charge in [-0.25, -0.2) is 0 Å². The molecule has 2 N–H and O–H groups in total. The number of hydrogen-bond acceptors (Lipinski definition) is 3. The number of nitrogens with zero attached hydrogens (tertiary/aromatic N) is 1. The highest BCUT2D eigenvalue weighted by Crippen LogP contribution is 2.37. The first kappa shape index (κ1) is 19.8. The molecule has 0 aliphatic carbocycles. The maximum absolute atomic E-state index is 10.6. The van der Waals surface area contributed by atoms with Crippen LogP contribution in [0.1, 0.15) is 5.56 Å². The van der Waals surface area contributed by atoms with Gasteiger partial charge in [0, 0.05) is 37.3 Å².